The van der Waals surface area contributed by atoms with Crippen LogP contribution in [0.3, 0.4) is 0 Å². The summed E-state index contributed by atoms with van der Waals surface area (Å²) < 4.78 is 0. The van der Waals surface area contributed by atoms with Crippen molar-refractivity contribution in [1.82, 2.24) is 0 Å². The zero-order valence-electron chi connectivity index (χ0n) is 7.83. The van der Waals surface area contributed by atoms with Crippen LogP contribution in [0, 0.1) is 25.6 Å². The Morgan fingerprint density at radius 2 is 1.29 bits per heavy atom. The van der Waals surface area contributed by atoms with Gasteiger partial charge < -0.3 is 9.68 Å². The molecule has 0 aromatic heterocycles. The first-order valence-electron chi connectivity index (χ1n) is 3.67. The average molecular weight is 291 g/mol. The molecule has 96 valence electrons. The lowest BCUT2D eigenvalue weighted by Gasteiger charge is -2.22. The van der Waals surface area contributed by atoms with Gasteiger partial charge in [-0.1, -0.05) is 0 Å². The topological polar surface area (TPSA) is 139 Å². The van der Waals surface area contributed by atoms with Gasteiger partial charge in [-0.3, -0.25) is 9.59 Å². The standard InChI is InChI=1S/C5H4Cl2N2O8/c6-3(10)5(4(7)11,1-16-8(12)13)2-17-9(14)15/h1-2H2. The summed E-state index contributed by atoms with van der Waals surface area (Å²) in [7, 11) is 0. The third-order valence-corrected chi connectivity index (χ3v) is 2.31. The molecule has 12 heteroatoms. The minimum atomic E-state index is -2.51. The summed E-state index contributed by atoms with van der Waals surface area (Å²) >= 11 is 10.0. The lowest BCUT2D eigenvalue weighted by Crippen LogP contribution is -2.44. The van der Waals surface area contributed by atoms with E-state index in [0.29, 0.717) is 0 Å². The third-order valence-electron chi connectivity index (χ3n) is 1.59. The zero-order chi connectivity index (χ0) is 13.6. The van der Waals surface area contributed by atoms with E-state index >= 15 is 0 Å². The number of halogens is 2. The van der Waals surface area contributed by atoms with Gasteiger partial charge in [-0.2, -0.15) is 0 Å². The van der Waals surface area contributed by atoms with Crippen molar-refractivity contribution in [1.29, 1.82) is 0 Å². The fourth-order valence-corrected chi connectivity index (χ4v) is 1.11. The van der Waals surface area contributed by atoms with Crippen molar-refractivity contribution in [2.24, 2.45) is 5.41 Å². The van der Waals surface area contributed by atoms with E-state index in [0.717, 1.165) is 0 Å². The monoisotopic (exact) mass is 290 g/mol. The first-order valence-corrected chi connectivity index (χ1v) is 4.42. The summed E-state index contributed by atoms with van der Waals surface area (Å²) in [6, 6.07) is 0. The highest BCUT2D eigenvalue weighted by Crippen LogP contribution is 2.26. The fourth-order valence-electron chi connectivity index (χ4n) is 0.672. The Balaban J connectivity index is 4.99. The molecule has 0 radical (unpaired) electrons. The van der Waals surface area contributed by atoms with Gasteiger partial charge in [0.25, 0.3) is 10.2 Å². The van der Waals surface area contributed by atoms with E-state index in [2.05, 4.69) is 9.68 Å². The van der Waals surface area contributed by atoms with Gasteiger partial charge in [-0.25, -0.2) is 0 Å². The molecule has 0 amide bonds. The number of hydrogen-bond donors (Lipinski definition) is 0. The predicted octanol–water partition coefficient (Wildman–Crippen LogP) is -0.0798. The number of carbonyl (C=O) groups is 2. The van der Waals surface area contributed by atoms with Crippen molar-refractivity contribution < 1.29 is 29.4 Å². The van der Waals surface area contributed by atoms with Crippen LogP contribution in [-0.2, 0) is 19.3 Å². The largest absolute Gasteiger partial charge is 0.312 e. The summed E-state index contributed by atoms with van der Waals surface area (Å²) in [5.74, 6) is 0. The highest BCUT2D eigenvalue weighted by Gasteiger charge is 2.46. The Kier molecular flexibility index (Phi) is 5.55. The molecule has 0 saturated heterocycles. The van der Waals surface area contributed by atoms with Crippen LogP contribution in [0.5, 0.6) is 0 Å². The molecule has 0 rings (SSSR count). The Morgan fingerprint density at radius 1 is 1.00 bits per heavy atom. The lowest BCUT2D eigenvalue weighted by atomic mass is 9.94. The van der Waals surface area contributed by atoms with Crippen molar-refractivity contribution in [3.63, 3.8) is 0 Å². The molecule has 17 heavy (non-hydrogen) atoms. The quantitative estimate of drug-likeness (QED) is 0.262. The van der Waals surface area contributed by atoms with E-state index in [9.17, 15) is 29.8 Å². The molecule has 10 nitrogen and oxygen atoms in total. The normalized spacial score (nSPS) is 10.5. The smallest absolute Gasteiger partial charge is 0.294 e. The lowest BCUT2D eigenvalue weighted by molar-refractivity contribution is -0.769. The van der Waals surface area contributed by atoms with E-state index in [1.54, 1.807) is 0 Å². The first-order chi connectivity index (χ1) is 7.72. The van der Waals surface area contributed by atoms with Gasteiger partial charge in [0.1, 0.15) is 13.2 Å². The summed E-state index contributed by atoms with van der Waals surface area (Å²) in [6.07, 6.45) is 0. The van der Waals surface area contributed by atoms with Crippen LogP contribution in [0.2, 0.25) is 0 Å². The molecule has 0 aromatic carbocycles. The number of rotatable bonds is 8. The second kappa shape index (κ2) is 6.15. The molecule has 0 N–H and O–H groups in total. The van der Waals surface area contributed by atoms with E-state index in [4.69, 9.17) is 23.2 Å². The molecular formula is C5H4Cl2N2O8. The Morgan fingerprint density at radius 3 is 1.47 bits per heavy atom. The highest BCUT2D eigenvalue weighted by atomic mass is 35.5. The average Bonchev–Trinajstić information content (AvgIpc) is 2.16. The molecule has 0 aliphatic heterocycles. The van der Waals surface area contributed by atoms with Crippen LogP contribution in [0.1, 0.15) is 0 Å². The summed E-state index contributed by atoms with van der Waals surface area (Å²) in [5.41, 5.74) is -2.51. The summed E-state index contributed by atoms with van der Waals surface area (Å²) in [5, 5.41) is 14.3. The number of nitrogens with zero attached hydrogens (tertiary/aromatic N) is 2. The van der Waals surface area contributed by atoms with Crippen LogP contribution in [-0.4, -0.2) is 33.9 Å². The second-order valence-corrected chi connectivity index (χ2v) is 3.31. The van der Waals surface area contributed by atoms with Gasteiger partial charge in [0, 0.05) is 0 Å². The van der Waals surface area contributed by atoms with Crippen LogP contribution < -0.4 is 0 Å². The van der Waals surface area contributed by atoms with Gasteiger partial charge in [-0.05, 0) is 23.2 Å². The predicted molar refractivity (Wildman–Crippen MR) is 50.0 cm³/mol. The van der Waals surface area contributed by atoms with E-state index in [-0.39, 0.29) is 0 Å². The second-order valence-electron chi connectivity index (χ2n) is 2.62. The van der Waals surface area contributed by atoms with Crippen LogP contribution in [0.15, 0.2) is 0 Å². The molecule has 0 saturated carbocycles. The Bertz CT molecular complexity index is 324. The van der Waals surface area contributed by atoms with Gasteiger partial charge in [0.2, 0.25) is 10.5 Å². The van der Waals surface area contributed by atoms with Gasteiger partial charge in [0.15, 0.2) is 5.41 Å². The SMILES string of the molecule is O=C(Cl)C(CO[N+](=O)[O-])(CO[N+](=O)[O-])C(=O)Cl. The molecule has 0 fully saturated rings. The first kappa shape index (κ1) is 15.3. The molecule has 0 aliphatic carbocycles. The number of carbonyl (C=O) groups excluding carboxylic acids is 2. The zero-order valence-corrected chi connectivity index (χ0v) is 9.34. The van der Waals surface area contributed by atoms with Gasteiger partial charge >= 0.3 is 0 Å². The molecule has 0 aliphatic rings. The molecular weight excluding hydrogens is 287 g/mol. The Hall–Kier alpha value is -1.68. The third kappa shape index (κ3) is 4.36. The summed E-state index contributed by atoms with van der Waals surface area (Å²) in [4.78, 5) is 49.4. The van der Waals surface area contributed by atoms with Crippen molar-refractivity contribution in [2.45, 2.75) is 0 Å². The van der Waals surface area contributed by atoms with Crippen molar-refractivity contribution in [3.8, 4) is 0 Å². The van der Waals surface area contributed by atoms with Crippen molar-refractivity contribution in [2.75, 3.05) is 13.2 Å². The van der Waals surface area contributed by atoms with E-state index in [1.165, 1.54) is 0 Å². The maximum atomic E-state index is 11.0. The minimum Gasteiger partial charge on any atom is -0.312 e. The van der Waals surface area contributed by atoms with Crippen LogP contribution >= 0.6 is 23.2 Å². The van der Waals surface area contributed by atoms with Gasteiger partial charge in [-0.15, -0.1) is 20.2 Å². The Labute approximate surface area is 103 Å². The molecule has 0 bridgehead atoms. The van der Waals surface area contributed by atoms with E-state index in [1.807, 2.05) is 0 Å². The highest BCUT2D eigenvalue weighted by molar-refractivity contribution is 6.74. The minimum absolute atomic E-state index is 1.18. The van der Waals surface area contributed by atoms with Crippen molar-refractivity contribution in [3.05, 3.63) is 20.2 Å². The van der Waals surface area contributed by atoms with Crippen molar-refractivity contribution >= 4 is 33.7 Å². The van der Waals surface area contributed by atoms with E-state index < -0.39 is 39.3 Å². The fraction of sp³-hybridized carbons (Fsp3) is 0.600. The molecule has 0 atom stereocenters. The molecule has 0 aromatic rings. The summed E-state index contributed by atoms with van der Waals surface area (Å²) in [6.45, 7) is -2.36. The van der Waals surface area contributed by atoms with Gasteiger partial charge in [0.05, 0.1) is 0 Å². The molecule has 0 spiro atoms. The molecule has 0 heterocycles. The molecule has 0 unspecified atom stereocenters. The maximum Gasteiger partial charge on any atom is 0.294 e. The van der Waals surface area contributed by atoms with Crippen LogP contribution in [0.25, 0.3) is 0 Å². The number of hydrogen-bond acceptors (Lipinski definition) is 8. The van der Waals surface area contributed by atoms with Crippen LogP contribution in [0.4, 0.5) is 0 Å². The maximum absolute atomic E-state index is 11.0.